The van der Waals surface area contributed by atoms with Crippen LogP contribution >= 0.6 is 0 Å². The van der Waals surface area contributed by atoms with Gasteiger partial charge < -0.3 is 14.5 Å². The number of nitro groups is 1. The van der Waals surface area contributed by atoms with Crippen molar-refractivity contribution in [1.82, 2.24) is 0 Å². The first-order chi connectivity index (χ1) is 13.2. The third-order valence-corrected chi connectivity index (χ3v) is 4.27. The van der Waals surface area contributed by atoms with Crippen LogP contribution in [0.4, 0.5) is 22.7 Å². The predicted molar refractivity (Wildman–Crippen MR) is 111 cm³/mol. The van der Waals surface area contributed by atoms with E-state index in [0.717, 1.165) is 28.8 Å². The van der Waals surface area contributed by atoms with Crippen molar-refractivity contribution in [3.8, 4) is 0 Å². The molecule has 0 atom stereocenters. The molecular weight excluding hydrogens is 358 g/mol. The van der Waals surface area contributed by atoms with E-state index in [4.69, 9.17) is 0 Å². The summed E-state index contributed by atoms with van der Waals surface area (Å²) in [4.78, 5) is 12.6. The minimum Gasteiger partial charge on any atom is -0.395 e. The zero-order chi connectivity index (χ0) is 20.7. The van der Waals surface area contributed by atoms with Crippen LogP contribution in [0.25, 0.3) is 0 Å². The van der Waals surface area contributed by atoms with E-state index in [-0.39, 0.29) is 12.3 Å². The molecule has 0 heterocycles. The van der Waals surface area contributed by atoms with Gasteiger partial charge in [-0.15, -0.1) is 0 Å². The van der Waals surface area contributed by atoms with Gasteiger partial charge >= 0.3 is 0 Å². The highest BCUT2D eigenvalue weighted by molar-refractivity contribution is 5.58. The lowest BCUT2D eigenvalue weighted by Gasteiger charge is -2.30. The lowest BCUT2D eigenvalue weighted by molar-refractivity contribution is -0.868. The van der Waals surface area contributed by atoms with E-state index in [2.05, 4.69) is 36.3 Å². The molecule has 0 saturated heterocycles. The van der Waals surface area contributed by atoms with E-state index in [1.807, 2.05) is 25.1 Å². The number of anilines is 1. The quantitative estimate of drug-likeness (QED) is 0.307. The zero-order valence-electron chi connectivity index (χ0n) is 16.9. The van der Waals surface area contributed by atoms with Crippen molar-refractivity contribution in [2.45, 2.75) is 6.92 Å². The highest BCUT2D eigenvalue weighted by Crippen LogP contribution is 2.27. The molecule has 8 nitrogen and oxygen atoms in total. The summed E-state index contributed by atoms with van der Waals surface area (Å²) in [5.74, 6) is 0. The van der Waals surface area contributed by atoms with E-state index >= 15 is 0 Å². The number of azo groups is 1. The summed E-state index contributed by atoms with van der Waals surface area (Å²) in [6.45, 7) is 4.38. The monoisotopic (exact) mass is 386 g/mol. The first kappa shape index (κ1) is 21.5. The first-order valence-electron chi connectivity index (χ1n) is 9.13. The van der Waals surface area contributed by atoms with Crippen LogP contribution < -0.4 is 4.90 Å². The molecule has 150 valence electrons. The Balaban J connectivity index is 2.18. The van der Waals surface area contributed by atoms with Gasteiger partial charge in [-0.25, -0.2) is 0 Å². The smallest absolute Gasteiger partial charge is 0.271 e. The molecule has 0 aliphatic carbocycles. The van der Waals surface area contributed by atoms with Crippen molar-refractivity contribution in [2.75, 3.05) is 52.3 Å². The molecule has 1 N–H and O–H groups in total. The largest absolute Gasteiger partial charge is 0.395 e. The molecule has 0 aromatic heterocycles. The number of likely N-dealkylation sites (N-methyl/N-ethyl adjacent to an activating group) is 1. The van der Waals surface area contributed by atoms with Crippen molar-refractivity contribution in [1.29, 1.82) is 0 Å². The summed E-state index contributed by atoms with van der Waals surface area (Å²) in [5, 5.41) is 28.6. The van der Waals surface area contributed by atoms with Gasteiger partial charge in [0.05, 0.1) is 57.1 Å². The number of aliphatic hydroxyl groups is 1. The summed E-state index contributed by atoms with van der Waals surface area (Å²) in [6.07, 6.45) is 0. The van der Waals surface area contributed by atoms with Gasteiger partial charge in [0.15, 0.2) is 0 Å². The predicted octanol–water partition coefficient (Wildman–Crippen LogP) is 3.82. The maximum absolute atomic E-state index is 10.9. The molecule has 0 amide bonds. The average molecular weight is 386 g/mol. The van der Waals surface area contributed by atoms with Crippen molar-refractivity contribution < 1.29 is 14.5 Å². The second-order valence-electron chi connectivity index (χ2n) is 7.67. The van der Waals surface area contributed by atoms with Crippen molar-refractivity contribution in [3.05, 3.63) is 58.1 Å². The number of aliphatic hydroxyl groups excluding tert-OH is 1. The van der Waals surface area contributed by atoms with E-state index in [9.17, 15) is 15.2 Å². The molecule has 2 aromatic carbocycles. The molecule has 0 bridgehead atoms. The number of benzene rings is 2. The van der Waals surface area contributed by atoms with Crippen LogP contribution in [-0.2, 0) is 0 Å². The topological polar surface area (TPSA) is 91.3 Å². The lowest BCUT2D eigenvalue weighted by Crippen LogP contribution is -2.42. The Morgan fingerprint density at radius 2 is 1.86 bits per heavy atom. The van der Waals surface area contributed by atoms with Gasteiger partial charge in [-0.2, -0.15) is 10.2 Å². The van der Waals surface area contributed by atoms with Crippen LogP contribution in [0.2, 0.25) is 0 Å². The van der Waals surface area contributed by atoms with E-state index in [1.165, 1.54) is 12.1 Å². The van der Waals surface area contributed by atoms with Crippen LogP contribution in [0.1, 0.15) is 5.56 Å². The standard InChI is InChI=1S/C20H28N5O3/c1-16-14-18(23(11-13-26)10-12-25(2,3)4)8-9-20(16)22-21-17-6-5-7-19(15-17)24(27)28/h5-9,14-15,26H,10-13H2,1-4H3/q+1. The van der Waals surface area contributed by atoms with Gasteiger partial charge in [-0.05, 0) is 36.8 Å². The molecule has 0 aliphatic heterocycles. The third-order valence-electron chi connectivity index (χ3n) is 4.27. The molecular formula is C20H28N5O3+. The number of nitro benzene ring substituents is 1. The first-order valence-corrected chi connectivity index (χ1v) is 9.13. The second kappa shape index (κ2) is 9.38. The second-order valence-corrected chi connectivity index (χ2v) is 7.67. The third kappa shape index (κ3) is 6.40. The molecule has 2 aromatic rings. The highest BCUT2D eigenvalue weighted by atomic mass is 16.6. The van der Waals surface area contributed by atoms with Crippen LogP contribution in [0.15, 0.2) is 52.7 Å². The molecule has 0 fully saturated rings. The van der Waals surface area contributed by atoms with Crippen molar-refractivity contribution in [3.63, 3.8) is 0 Å². The molecule has 0 aliphatic rings. The summed E-state index contributed by atoms with van der Waals surface area (Å²) >= 11 is 0. The maximum atomic E-state index is 10.9. The van der Waals surface area contributed by atoms with Gasteiger partial charge in [-0.1, -0.05) is 6.07 Å². The molecule has 0 spiro atoms. The summed E-state index contributed by atoms with van der Waals surface area (Å²) in [5.41, 5.74) is 3.09. The number of nitrogens with zero attached hydrogens (tertiary/aromatic N) is 5. The average Bonchev–Trinajstić information content (AvgIpc) is 2.63. The van der Waals surface area contributed by atoms with E-state index < -0.39 is 4.92 Å². The Hall–Kier alpha value is -2.84. The van der Waals surface area contributed by atoms with Crippen molar-refractivity contribution >= 4 is 22.7 Å². The summed E-state index contributed by atoms with van der Waals surface area (Å²) in [6, 6.07) is 11.9. The number of aryl methyl sites for hydroxylation is 1. The molecule has 8 heteroatoms. The normalized spacial score (nSPS) is 11.8. The molecule has 28 heavy (non-hydrogen) atoms. The Bertz CT molecular complexity index is 846. The fourth-order valence-electron chi connectivity index (χ4n) is 2.64. The fourth-order valence-corrected chi connectivity index (χ4v) is 2.64. The lowest BCUT2D eigenvalue weighted by atomic mass is 10.1. The Morgan fingerprint density at radius 1 is 1.11 bits per heavy atom. The highest BCUT2D eigenvalue weighted by Gasteiger charge is 2.13. The molecule has 2 rings (SSSR count). The minimum absolute atomic E-state index is 0.0135. The van der Waals surface area contributed by atoms with Crippen LogP contribution in [-0.4, -0.2) is 61.9 Å². The van der Waals surface area contributed by atoms with Crippen LogP contribution in [0.3, 0.4) is 0 Å². The number of hydrogen-bond donors (Lipinski definition) is 1. The van der Waals surface area contributed by atoms with Gasteiger partial charge in [-0.3, -0.25) is 10.1 Å². The Morgan fingerprint density at radius 3 is 2.46 bits per heavy atom. The van der Waals surface area contributed by atoms with Gasteiger partial charge in [0.25, 0.3) is 5.69 Å². The van der Waals surface area contributed by atoms with E-state index in [0.29, 0.717) is 17.9 Å². The Kier molecular flexibility index (Phi) is 7.19. The Labute approximate surface area is 165 Å². The maximum Gasteiger partial charge on any atom is 0.271 e. The minimum atomic E-state index is -0.453. The van der Waals surface area contributed by atoms with Gasteiger partial charge in [0.2, 0.25) is 0 Å². The number of quaternary nitrogens is 1. The van der Waals surface area contributed by atoms with E-state index in [1.54, 1.807) is 12.1 Å². The summed E-state index contributed by atoms with van der Waals surface area (Å²) in [7, 11) is 6.42. The summed E-state index contributed by atoms with van der Waals surface area (Å²) < 4.78 is 0.844. The van der Waals surface area contributed by atoms with Gasteiger partial charge in [0.1, 0.15) is 0 Å². The molecule has 0 radical (unpaired) electrons. The zero-order valence-corrected chi connectivity index (χ0v) is 16.9. The van der Waals surface area contributed by atoms with Crippen molar-refractivity contribution in [2.24, 2.45) is 10.2 Å². The number of hydrogen-bond acceptors (Lipinski definition) is 6. The number of rotatable bonds is 9. The molecule has 0 saturated carbocycles. The van der Waals surface area contributed by atoms with Crippen LogP contribution in [0.5, 0.6) is 0 Å². The molecule has 0 unspecified atom stereocenters. The van der Waals surface area contributed by atoms with Crippen LogP contribution in [0, 0.1) is 17.0 Å². The SMILES string of the molecule is Cc1cc(N(CCO)CC[N+](C)(C)C)ccc1N=Nc1cccc([N+](=O)[O-])c1. The van der Waals surface area contributed by atoms with Gasteiger partial charge in [0, 0.05) is 24.4 Å². The fraction of sp³-hybridized carbons (Fsp3) is 0.400. The number of non-ortho nitro benzene ring substituents is 1.